The lowest BCUT2D eigenvalue weighted by Crippen LogP contribution is -2.47. The Bertz CT molecular complexity index is 1500. The first-order valence-electron chi connectivity index (χ1n) is 10.7. The largest absolute Gasteiger partial charge is 0.493 e. The van der Waals surface area contributed by atoms with Crippen LogP contribution in [0.2, 0.25) is 0 Å². The third-order valence-electron chi connectivity index (χ3n) is 5.85. The molecule has 1 aliphatic rings. The lowest BCUT2D eigenvalue weighted by Gasteiger charge is -2.31. The Kier molecular flexibility index (Phi) is 5.39. The van der Waals surface area contributed by atoms with Crippen LogP contribution in [0.5, 0.6) is 5.75 Å². The van der Waals surface area contributed by atoms with Crippen molar-refractivity contribution in [3.05, 3.63) is 47.0 Å². The van der Waals surface area contributed by atoms with Gasteiger partial charge in [0, 0.05) is 26.2 Å². The van der Waals surface area contributed by atoms with E-state index in [0.29, 0.717) is 60.5 Å². The van der Waals surface area contributed by atoms with Crippen molar-refractivity contribution in [1.29, 1.82) is 0 Å². The van der Waals surface area contributed by atoms with Gasteiger partial charge in [-0.05, 0) is 44.3 Å². The van der Waals surface area contributed by atoms with Crippen molar-refractivity contribution in [2.75, 3.05) is 39.8 Å². The van der Waals surface area contributed by atoms with Gasteiger partial charge in [-0.15, -0.1) is 0 Å². The number of aromatic nitrogens is 4. The van der Waals surface area contributed by atoms with Gasteiger partial charge in [-0.1, -0.05) is 0 Å². The fraction of sp³-hybridized carbons (Fsp3) is 0.318. The fourth-order valence-electron chi connectivity index (χ4n) is 4.01. The van der Waals surface area contributed by atoms with Crippen LogP contribution in [0.4, 0.5) is 0 Å². The third kappa shape index (κ3) is 3.88. The zero-order valence-electron chi connectivity index (χ0n) is 18.3. The number of nitrogens with one attached hydrogen (secondary N) is 2. The number of sulfonamides is 1. The van der Waals surface area contributed by atoms with Gasteiger partial charge >= 0.3 is 0 Å². The summed E-state index contributed by atoms with van der Waals surface area (Å²) in [5, 5.41) is 0.412. The lowest BCUT2D eigenvalue weighted by atomic mass is 10.1. The quantitative estimate of drug-likeness (QED) is 0.458. The summed E-state index contributed by atoms with van der Waals surface area (Å²) < 4.78 is 33.8. The zero-order chi connectivity index (χ0) is 23.2. The van der Waals surface area contributed by atoms with Gasteiger partial charge in [0.25, 0.3) is 5.56 Å². The van der Waals surface area contributed by atoms with E-state index in [9.17, 15) is 13.2 Å². The van der Waals surface area contributed by atoms with Crippen LogP contribution in [0, 0.1) is 0 Å². The Morgan fingerprint density at radius 1 is 1.09 bits per heavy atom. The van der Waals surface area contributed by atoms with Gasteiger partial charge in [0.05, 0.1) is 45.3 Å². The van der Waals surface area contributed by atoms with Crippen molar-refractivity contribution in [2.24, 2.45) is 0 Å². The molecule has 0 unspecified atom stereocenters. The van der Waals surface area contributed by atoms with Gasteiger partial charge in [0.15, 0.2) is 0 Å². The minimum Gasteiger partial charge on any atom is -0.493 e. The van der Waals surface area contributed by atoms with E-state index in [0.717, 1.165) is 5.52 Å². The Morgan fingerprint density at radius 2 is 1.88 bits per heavy atom. The molecule has 0 amide bonds. The normalized spacial score (nSPS) is 15.9. The molecule has 1 fully saturated rings. The Morgan fingerprint density at radius 3 is 2.64 bits per heavy atom. The molecule has 2 N–H and O–H groups in total. The van der Waals surface area contributed by atoms with Gasteiger partial charge in [-0.2, -0.15) is 4.31 Å². The first-order chi connectivity index (χ1) is 15.9. The fourth-order valence-corrected chi connectivity index (χ4v) is 5.46. The van der Waals surface area contributed by atoms with Crippen LogP contribution < -0.4 is 10.3 Å². The SMILES string of the molecule is CCOc1ccc(S(=O)(=O)N2CCN(C)CC2)cc1-c1nc2cc3nc[nH]c3cc2c(=O)[nH]1. The molecule has 3 heterocycles. The number of aromatic amines is 2. The molecule has 4 aromatic rings. The van der Waals surface area contributed by atoms with E-state index < -0.39 is 10.0 Å². The summed E-state index contributed by atoms with van der Waals surface area (Å²) in [4.78, 5) is 29.7. The van der Waals surface area contributed by atoms with Crippen molar-refractivity contribution in [1.82, 2.24) is 29.1 Å². The predicted octanol–water partition coefficient (Wildman–Crippen LogP) is 1.80. The molecule has 172 valence electrons. The van der Waals surface area contributed by atoms with E-state index >= 15 is 0 Å². The number of nitrogens with zero attached hydrogens (tertiary/aromatic N) is 4. The highest BCUT2D eigenvalue weighted by Crippen LogP contribution is 2.32. The molecular formula is C22H24N6O4S. The van der Waals surface area contributed by atoms with Gasteiger partial charge in [0.1, 0.15) is 11.6 Å². The predicted molar refractivity (Wildman–Crippen MR) is 125 cm³/mol. The minimum atomic E-state index is -3.70. The first-order valence-corrected chi connectivity index (χ1v) is 12.1. The molecule has 0 saturated carbocycles. The number of piperazine rings is 1. The number of hydrogen-bond donors (Lipinski definition) is 2. The maximum absolute atomic E-state index is 13.3. The third-order valence-corrected chi connectivity index (χ3v) is 7.75. The number of rotatable bonds is 5. The smallest absolute Gasteiger partial charge is 0.259 e. The maximum atomic E-state index is 13.3. The Balaban J connectivity index is 1.64. The van der Waals surface area contributed by atoms with Gasteiger partial charge < -0.3 is 19.6 Å². The van der Waals surface area contributed by atoms with Crippen LogP contribution in [0.15, 0.2) is 46.3 Å². The molecule has 1 saturated heterocycles. The second-order valence-electron chi connectivity index (χ2n) is 8.00. The van der Waals surface area contributed by atoms with E-state index in [4.69, 9.17) is 4.74 Å². The van der Waals surface area contributed by atoms with Crippen LogP contribution in [0.25, 0.3) is 33.3 Å². The number of likely N-dealkylation sites (N-methyl/N-ethyl adjacent to an activating group) is 1. The topological polar surface area (TPSA) is 124 Å². The van der Waals surface area contributed by atoms with E-state index in [1.807, 2.05) is 14.0 Å². The average molecular weight is 469 g/mol. The number of H-pyrrole nitrogens is 2. The number of ether oxygens (including phenoxy) is 1. The molecule has 1 aliphatic heterocycles. The van der Waals surface area contributed by atoms with E-state index in [1.165, 1.54) is 16.4 Å². The van der Waals surface area contributed by atoms with Crippen molar-refractivity contribution in [2.45, 2.75) is 11.8 Å². The Labute approximate surface area is 190 Å². The van der Waals surface area contributed by atoms with E-state index in [-0.39, 0.29) is 16.3 Å². The molecular weight excluding hydrogens is 444 g/mol. The van der Waals surface area contributed by atoms with Crippen molar-refractivity contribution < 1.29 is 13.2 Å². The Hall–Kier alpha value is -3.28. The van der Waals surface area contributed by atoms with Crippen LogP contribution in [-0.4, -0.2) is 77.4 Å². The molecule has 2 aromatic carbocycles. The molecule has 11 heteroatoms. The highest BCUT2D eigenvalue weighted by Gasteiger charge is 2.28. The van der Waals surface area contributed by atoms with Crippen molar-refractivity contribution in [3.8, 4) is 17.1 Å². The summed E-state index contributed by atoms with van der Waals surface area (Å²) in [7, 11) is -1.73. The molecule has 0 aliphatic carbocycles. The average Bonchev–Trinajstić information content (AvgIpc) is 3.26. The van der Waals surface area contributed by atoms with Crippen molar-refractivity contribution >= 4 is 32.0 Å². The number of hydrogen-bond acceptors (Lipinski definition) is 7. The van der Waals surface area contributed by atoms with Crippen LogP contribution in [0.1, 0.15) is 6.92 Å². The van der Waals surface area contributed by atoms with E-state index in [1.54, 1.807) is 24.5 Å². The number of imidazole rings is 1. The molecule has 5 rings (SSSR count). The zero-order valence-corrected chi connectivity index (χ0v) is 19.1. The molecule has 0 bridgehead atoms. The summed E-state index contributed by atoms with van der Waals surface area (Å²) in [6, 6.07) is 8.10. The molecule has 0 radical (unpaired) electrons. The van der Waals surface area contributed by atoms with Gasteiger partial charge in [-0.25, -0.2) is 18.4 Å². The van der Waals surface area contributed by atoms with E-state index in [2.05, 4.69) is 24.8 Å². The summed E-state index contributed by atoms with van der Waals surface area (Å²) in [5.41, 5.74) is 1.96. The molecule has 0 spiro atoms. The molecule has 2 aromatic heterocycles. The van der Waals surface area contributed by atoms with Crippen molar-refractivity contribution in [3.63, 3.8) is 0 Å². The lowest BCUT2D eigenvalue weighted by molar-refractivity contribution is 0.222. The van der Waals surface area contributed by atoms with Crippen LogP contribution >= 0.6 is 0 Å². The van der Waals surface area contributed by atoms with Crippen LogP contribution in [-0.2, 0) is 10.0 Å². The van der Waals surface area contributed by atoms with Crippen LogP contribution in [0.3, 0.4) is 0 Å². The molecule has 0 atom stereocenters. The maximum Gasteiger partial charge on any atom is 0.259 e. The monoisotopic (exact) mass is 468 g/mol. The number of benzene rings is 2. The van der Waals surface area contributed by atoms with Gasteiger partial charge in [0.2, 0.25) is 10.0 Å². The standard InChI is InChI=1S/C22H24N6O4S/c1-3-32-20-5-4-14(33(30,31)28-8-6-27(2)7-9-28)10-16(20)21-25-17-12-19-18(23-13-24-19)11-15(17)22(29)26-21/h4-5,10-13H,3,6-9H2,1-2H3,(H,23,24)(H,25,26,29). The second kappa shape index (κ2) is 8.25. The highest BCUT2D eigenvalue weighted by atomic mass is 32.2. The number of fused-ring (bicyclic) bond motifs is 2. The first kappa shape index (κ1) is 21.6. The summed E-state index contributed by atoms with van der Waals surface area (Å²) in [6.45, 7) is 4.40. The molecule has 10 nitrogen and oxygen atoms in total. The highest BCUT2D eigenvalue weighted by molar-refractivity contribution is 7.89. The van der Waals surface area contributed by atoms with Gasteiger partial charge in [-0.3, -0.25) is 4.79 Å². The summed E-state index contributed by atoms with van der Waals surface area (Å²) in [5.74, 6) is 0.680. The molecule has 33 heavy (non-hydrogen) atoms. The second-order valence-corrected chi connectivity index (χ2v) is 9.94. The minimum absolute atomic E-state index is 0.135. The summed E-state index contributed by atoms with van der Waals surface area (Å²) >= 11 is 0. The summed E-state index contributed by atoms with van der Waals surface area (Å²) in [6.07, 6.45) is 1.55.